The predicted octanol–water partition coefficient (Wildman–Crippen LogP) is 2.43. The molecule has 110 valence electrons. The van der Waals surface area contributed by atoms with E-state index < -0.39 is 0 Å². The normalized spacial score (nSPS) is 21.0. The van der Waals surface area contributed by atoms with Crippen molar-refractivity contribution in [2.45, 2.75) is 12.0 Å². The maximum Gasteiger partial charge on any atom is 0.309 e. The van der Waals surface area contributed by atoms with E-state index in [4.69, 9.17) is 23.2 Å². The molecule has 0 amide bonds. The molecule has 0 spiro atoms. The second-order valence-electron chi connectivity index (χ2n) is 4.80. The number of hydrogen-bond donors (Lipinski definition) is 0. The summed E-state index contributed by atoms with van der Waals surface area (Å²) >= 11 is 12.0. The third-order valence-electron chi connectivity index (χ3n) is 3.48. The summed E-state index contributed by atoms with van der Waals surface area (Å²) in [5.74, 6) is 0.567. The Balaban J connectivity index is 1.90. The van der Waals surface area contributed by atoms with Gasteiger partial charge in [-0.25, -0.2) is 4.98 Å². The summed E-state index contributed by atoms with van der Waals surface area (Å²) in [4.78, 5) is 18.7. The van der Waals surface area contributed by atoms with Crippen LogP contribution >= 0.6 is 23.2 Å². The number of hydrogen-bond acceptors (Lipinski definition) is 5. The van der Waals surface area contributed by atoms with E-state index >= 15 is 0 Å². The smallest absolute Gasteiger partial charge is 0.309 e. The van der Waals surface area contributed by atoms with Crippen LogP contribution in [0.4, 0.5) is 0 Å². The topological polar surface area (TPSA) is 62.5 Å². The third-order valence-corrected chi connectivity index (χ3v) is 4.09. The summed E-state index contributed by atoms with van der Waals surface area (Å²) in [5.41, 5.74) is 0.667. The van der Waals surface area contributed by atoms with Gasteiger partial charge in [-0.05, 0) is 17.7 Å². The lowest BCUT2D eigenvalue weighted by Crippen LogP contribution is -2.33. The predicted molar refractivity (Wildman–Crippen MR) is 79.2 cm³/mol. The summed E-state index contributed by atoms with van der Waals surface area (Å²) in [5, 5.41) is 11.6. The molecule has 0 aromatic carbocycles. The van der Waals surface area contributed by atoms with Crippen molar-refractivity contribution in [3.05, 3.63) is 62.8 Å². The molecule has 1 fully saturated rings. The van der Waals surface area contributed by atoms with E-state index in [0.29, 0.717) is 30.6 Å². The fraction of sp³-hybridized carbons (Fsp3) is 0.308. The highest BCUT2D eigenvalue weighted by atomic mass is 35.5. The van der Waals surface area contributed by atoms with Gasteiger partial charge in [0.05, 0.1) is 4.92 Å². The van der Waals surface area contributed by atoms with Crippen LogP contribution in [0.2, 0.25) is 5.15 Å². The quantitative estimate of drug-likeness (QED) is 0.281. The molecule has 0 radical (unpaired) electrons. The molecule has 0 aliphatic carbocycles. The molecule has 0 saturated carbocycles. The maximum atomic E-state index is 11.2. The molecule has 1 saturated heterocycles. The van der Waals surface area contributed by atoms with Crippen LogP contribution in [0.15, 0.2) is 42.0 Å². The number of alkyl halides is 1. The number of nitro groups is 1. The van der Waals surface area contributed by atoms with Crippen molar-refractivity contribution in [1.29, 1.82) is 0 Å². The summed E-state index contributed by atoms with van der Waals surface area (Å²) in [6, 6.07) is 3.57. The minimum Gasteiger partial charge on any atom is -0.346 e. The summed E-state index contributed by atoms with van der Waals surface area (Å²) in [6.45, 7) is 1.87. The first-order chi connectivity index (χ1) is 10.1. The third kappa shape index (κ3) is 2.69. The van der Waals surface area contributed by atoms with Gasteiger partial charge >= 0.3 is 5.70 Å². The zero-order valence-corrected chi connectivity index (χ0v) is 12.5. The maximum absolute atomic E-state index is 11.2. The van der Waals surface area contributed by atoms with Gasteiger partial charge in [-0.1, -0.05) is 29.3 Å². The van der Waals surface area contributed by atoms with Crippen LogP contribution in [0.3, 0.4) is 0 Å². The molecule has 1 atom stereocenters. The Hall–Kier alpha value is -1.79. The lowest BCUT2D eigenvalue weighted by Gasteiger charge is -2.28. The van der Waals surface area contributed by atoms with Crippen LogP contribution in [0.5, 0.6) is 0 Å². The highest BCUT2D eigenvalue weighted by Gasteiger charge is 2.37. The second-order valence-corrected chi connectivity index (χ2v) is 5.64. The summed E-state index contributed by atoms with van der Waals surface area (Å²) in [6.07, 6.45) is 4.78. The van der Waals surface area contributed by atoms with E-state index in [-0.39, 0.29) is 16.1 Å². The number of halogens is 2. The number of allylic oxidation sites excluding steroid dienone is 1. The Morgan fingerprint density at radius 3 is 2.90 bits per heavy atom. The lowest BCUT2D eigenvalue weighted by atomic mass is 10.2. The minimum absolute atomic E-state index is 0.0753. The van der Waals surface area contributed by atoms with Crippen LogP contribution in [0, 0.1) is 10.1 Å². The fourth-order valence-corrected chi connectivity index (χ4v) is 2.91. The molecule has 21 heavy (non-hydrogen) atoms. The monoisotopic (exact) mass is 326 g/mol. The van der Waals surface area contributed by atoms with Gasteiger partial charge in [0.1, 0.15) is 10.7 Å². The van der Waals surface area contributed by atoms with E-state index in [1.807, 2.05) is 15.9 Å². The number of nitrogens with zero attached hydrogens (tertiary/aromatic N) is 4. The number of rotatable bonds is 3. The van der Waals surface area contributed by atoms with Gasteiger partial charge in [0, 0.05) is 31.9 Å². The van der Waals surface area contributed by atoms with E-state index in [9.17, 15) is 10.1 Å². The SMILES string of the molecule is O=[N+]([O-])C1=C2N(Cc3ccc(Cl)nc3)CCN2C(Cl)C=C1. The molecule has 0 N–H and O–H groups in total. The first-order valence-electron chi connectivity index (χ1n) is 6.39. The molecular weight excluding hydrogens is 315 g/mol. The van der Waals surface area contributed by atoms with Crippen LogP contribution in [-0.2, 0) is 6.54 Å². The van der Waals surface area contributed by atoms with Crippen LogP contribution < -0.4 is 0 Å². The highest BCUT2D eigenvalue weighted by molar-refractivity contribution is 6.29. The lowest BCUT2D eigenvalue weighted by molar-refractivity contribution is -0.422. The van der Waals surface area contributed by atoms with Crippen molar-refractivity contribution in [3.63, 3.8) is 0 Å². The average molecular weight is 327 g/mol. The van der Waals surface area contributed by atoms with Crippen molar-refractivity contribution >= 4 is 23.2 Å². The largest absolute Gasteiger partial charge is 0.346 e. The van der Waals surface area contributed by atoms with Crippen LogP contribution in [0.25, 0.3) is 0 Å². The molecule has 3 heterocycles. The standard InChI is InChI=1S/C13H12Cl2N4O2/c14-11-3-1-9(7-16-11)8-17-5-6-18-12(15)4-2-10(13(17)18)19(20)21/h1-4,7,12H,5-6,8H2. The molecule has 2 aliphatic rings. The van der Waals surface area contributed by atoms with E-state index in [1.54, 1.807) is 18.3 Å². The molecular formula is C13H12Cl2N4O2. The first-order valence-corrected chi connectivity index (χ1v) is 7.20. The Labute approximate surface area is 131 Å². The van der Waals surface area contributed by atoms with Gasteiger partial charge in [-0.15, -0.1) is 0 Å². The van der Waals surface area contributed by atoms with Crippen molar-refractivity contribution in [2.24, 2.45) is 0 Å². The van der Waals surface area contributed by atoms with E-state index in [0.717, 1.165) is 5.56 Å². The first kappa shape index (κ1) is 14.2. The number of fused-ring (bicyclic) bond motifs is 1. The van der Waals surface area contributed by atoms with Gasteiger partial charge in [-0.3, -0.25) is 10.1 Å². The molecule has 8 heteroatoms. The minimum atomic E-state index is -0.375. The zero-order chi connectivity index (χ0) is 15.0. The Bertz CT molecular complexity index is 630. The molecule has 3 rings (SSSR count). The van der Waals surface area contributed by atoms with Gasteiger partial charge in [-0.2, -0.15) is 0 Å². The van der Waals surface area contributed by atoms with E-state index in [1.165, 1.54) is 6.08 Å². The van der Waals surface area contributed by atoms with Gasteiger partial charge in [0.2, 0.25) is 0 Å². The van der Waals surface area contributed by atoms with Gasteiger partial charge in [0.25, 0.3) is 0 Å². The van der Waals surface area contributed by atoms with Crippen molar-refractivity contribution in [3.8, 4) is 0 Å². The molecule has 1 unspecified atom stereocenters. The van der Waals surface area contributed by atoms with Crippen molar-refractivity contribution < 1.29 is 4.92 Å². The second kappa shape index (κ2) is 5.54. The number of pyridine rings is 1. The highest BCUT2D eigenvalue weighted by Crippen LogP contribution is 2.32. The van der Waals surface area contributed by atoms with Gasteiger partial charge < -0.3 is 9.80 Å². The molecule has 2 aliphatic heterocycles. The fourth-order valence-electron chi connectivity index (χ4n) is 2.54. The Kier molecular flexibility index (Phi) is 3.73. The number of aromatic nitrogens is 1. The summed E-state index contributed by atoms with van der Waals surface area (Å²) in [7, 11) is 0. The van der Waals surface area contributed by atoms with Crippen molar-refractivity contribution in [1.82, 2.24) is 14.8 Å². The van der Waals surface area contributed by atoms with E-state index in [2.05, 4.69) is 4.98 Å². The molecule has 1 aromatic heterocycles. The molecule has 6 nitrogen and oxygen atoms in total. The molecule has 1 aromatic rings. The zero-order valence-electron chi connectivity index (χ0n) is 10.9. The van der Waals surface area contributed by atoms with Gasteiger partial charge in [0.15, 0.2) is 5.82 Å². The Morgan fingerprint density at radius 1 is 1.43 bits per heavy atom. The van der Waals surface area contributed by atoms with Crippen molar-refractivity contribution in [2.75, 3.05) is 13.1 Å². The Morgan fingerprint density at radius 2 is 2.24 bits per heavy atom. The average Bonchev–Trinajstić information content (AvgIpc) is 2.86. The molecule has 0 bridgehead atoms. The van der Waals surface area contributed by atoms with Crippen LogP contribution in [0.1, 0.15) is 5.56 Å². The van der Waals surface area contributed by atoms with Crippen LogP contribution in [-0.4, -0.2) is 38.3 Å². The summed E-state index contributed by atoms with van der Waals surface area (Å²) < 4.78 is 0.